The summed E-state index contributed by atoms with van der Waals surface area (Å²) in [5.41, 5.74) is 2.19. The second-order valence-electron chi connectivity index (χ2n) is 5.21. The van der Waals surface area contributed by atoms with Crippen LogP contribution in [0.1, 0.15) is 18.9 Å². The summed E-state index contributed by atoms with van der Waals surface area (Å²) in [5, 5.41) is 5.29. The van der Waals surface area contributed by atoms with Crippen molar-refractivity contribution in [2.75, 3.05) is 29.0 Å². The summed E-state index contributed by atoms with van der Waals surface area (Å²) in [4.78, 5) is 22.5. The summed E-state index contributed by atoms with van der Waals surface area (Å²) in [6.07, 6.45) is 1.99. The van der Waals surface area contributed by atoms with Gasteiger partial charge in [0.2, 0.25) is 21.8 Å². The van der Waals surface area contributed by atoms with Gasteiger partial charge in [-0.15, -0.1) is 0 Å². The van der Waals surface area contributed by atoms with E-state index in [2.05, 4.69) is 10.6 Å². The van der Waals surface area contributed by atoms with E-state index in [0.29, 0.717) is 24.3 Å². The topological polar surface area (TPSA) is 95.6 Å². The molecule has 0 saturated heterocycles. The predicted octanol–water partition coefficient (Wildman–Crippen LogP) is 0.473. The molecule has 2 N–H and O–H groups in total. The number of benzene rings is 1. The van der Waals surface area contributed by atoms with Crippen molar-refractivity contribution in [2.24, 2.45) is 0 Å². The second kappa shape index (κ2) is 6.35. The van der Waals surface area contributed by atoms with E-state index in [1.165, 1.54) is 17.5 Å². The van der Waals surface area contributed by atoms with Gasteiger partial charge in [-0.3, -0.25) is 13.9 Å². The molecule has 1 aromatic carbocycles. The fourth-order valence-corrected chi connectivity index (χ4v) is 3.33. The second-order valence-corrected chi connectivity index (χ2v) is 7.12. The maximum atomic E-state index is 11.7. The molecular formula is C14H19N3O4S. The molecule has 22 heavy (non-hydrogen) atoms. The zero-order valence-electron chi connectivity index (χ0n) is 12.5. The first kappa shape index (κ1) is 16.3. The third-order valence-corrected chi connectivity index (χ3v) is 4.52. The molecule has 1 heterocycles. The van der Waals surface area contributed by atoms with Gasteiger partial charge >= 0.3 is 0 Å². The van der Waals surface area contributed by atoms with E-state index in [-0.39, 0.29) is 24.8 Å². The third-order valence-electron chi connectivity index (χ3n) is 3.34. The first-order valence-corrected chi connectivity index (χ1v) is 8.77. The third kappa shape index (κ3) is 3.97. The monoisotopic (exact) mass is 325 g/mol. The molecule has 7 nitrogen and oxygen atoms in total. The van der Waals surface area contributed by atoms with E-state index >= 15 is 0 Å². The molecule has 120 valence electrons. The van der Waals surface area contributed by atoms with Crippen LogP contribution in [-0.4, -0.2) is 39.6 Å². The van der Waals surface area contributed by atoms with E-state index in [9.17, 15) is 18.0 Å². The standard InChI is InChI=1S/C14H19N3O4S/c1-10(18)15-7-5-14(19)16-12-3-4-13-11(9-12)6-8-17(13)22(2,20)21/h3-4,9H,5-8H2,1-2H3,(H,15,18)(H,16,19). The van der Waals surface area contributed by atoms with Crippen LogP contribution in [0.3, 0.4) is 0 Å². The van der Waals surface area contributed by atoms with E-state index in [1.807, 2.05) is 0 Å². The Morgan fingerprint density at radius 1 is 1.32 bits per heavy atom. The quantitative estimate of drug-likeness (QED) is 0.823. The van der Waals surface area contributed by atoms with Crippen molar-refractivity contribution in [3.05, 3.63) is 23.8 Å². The summed E-state index contributed by atoms with van der Waals surface area (Å²) >= 11 is 0. The average Bonchev–Trinajstić information content (AvgIpc) is 2.81. The number of amides is 2. The highest BCUT2D eigenvalue weighted by molar-refractivity contribution is 7.92. The number of carbonyl (C=O) groups excluding carboxylic acids is 2. The molecule has 2 rings (SSSR count). The summed E-state index contributed by atoms with van der Waals surface area (Å²) < 4.78 is 24.7. The molecule has 0 unspecified atom stereocenters. The fourth-order valence-electron chi connectivity index (χ4n) is 2.37. The van der Waals surface area contributed by atoms with Gasteiger partial charge in [0.1, 0.15) is 0 Å². The number of anilines is 2. The molecule has 1 aromatic rings. The molecule has 8 heteroatoms. The Kier molecular flexibility index (Phi) is 4.70. The first-order chi connectivity index (χ1) is 10.3. The van der Waals surface area contributed by atoms with E-state index in [0.717, 1.165) is 5.56 Å². The number of carbonyl (C=O) groups is 2. The molecule has 1 aliphatic rings. The van der Waals surface area contributed by atoms with Crippen LogP contribution in [-0.2, 0) is 26.0 Å². The van der Waals surface area contributed by atoms with Gasteiger partial charge in [-0.2, -0.15) is 0 Å². The highest BCUT2D eigenvalue weighted by atomic mass is 32.2. The SMILES string of the molecule is CC(=O)NCCC(=O)Nc1ccc2c(c1)CCN2S(C)(=O)=O. The van der Waals surface area contributed by atoms with Gasteiger partial charge in [0, 0.05) is 32.1 Å². The fraction of sp³-hybridized carbons (Fsp3) is 0.429. The smallest absolute Gasteiger partial charge is 0.232 e. The zero-order chi connectivity index (χ0) is 16.3. The van der Waals surface area contributed by atoms with Gasteiger partial charge in [0.15, 0.2) is 0 Å². The van der Waals surface area contributed by atoms with Crippen LogP contribution in [0.2, 0.25) is 0 Å². The van der Waals surface area contributed by atoms with E-state index < -0.39 is 10.0 Å². The van der Waals surface area contributed by atoms with Crippen molar-refractivity contribution in [3.8, 4) is 0 Å². The largest absolute Gasteiger partial charge is 0.356 e. The van der Waals surface area contributed by atoms with Crippen LogP contribution in [0, 0.1) is 0 Å². The maximum Gasteiger partial charge on any atom is 0.232 e. The number of hydrogen-bond donors (Lipinski definition) is 2. The van der Waals surface area contributed by atoms with Crippen LogP contribution in [0.15, 0.2) is 18.2 Å². The molecule has 2 amide bonds. The average molecular weight is 325 g/mol. The Morgan fingerprint density at radius 3 is 2.68 bits per heavy atom. The number of sulfonamides is 1. The lowest BCUT2D eigenvalue weighted by Gasteiger charge is -2.16. The molecule has 1 aliphatic heterocycles. The first-order valence-electron chi connectivity index (χ1n) is 6.92. The van der Waals surface area contributed by atoms with E-state index in [4.69, 9.17) is 0 Å². The van der Waals surface area contributed by atoms with Gasteiger partial charge < -0.3 is 10.6 Å². The number of nitrogens with zero attached hydrogens (tertiary/aromatic N) is 1. The van der Waals surface area contributed by atoms with Crippen LogP contribution in [0.4, 0.5) is 11.4 Å². The predicted molar refractivity (Wildman–Crippen MR) is 84.3 cm³/mol. The van der Waals surface area contributed by atoms with Gasteiger partial charge in [-0.25, -0.2) is 8.42 Å². The van der Waals surface area contributed by atoms with Gasteiger partial charge in [-0.1, -0.05) is 0 Å². The van der Waals surface area contributed by atoms with Crippen molar-refractivity contribution < 1.29 is 18.0 Å². The molecule has 0 fully saturated rings. The Labute approximate surface area is 129 Å². The van der Waals surface area contributed by atoms with Gasteiger partial charge in [-0.05, 0) is 30.2 Å². The minimum absolute atomic E-state index is 0.175. The Morgan fingerprint density at radius 2 is 2.05 bits per heavy atom. The molecule has 0 aromatic heterocycles. The van der Waals surface area contributed by atoms with Gasteiger partial charge in [0.25, 0.3) is 0 Å². The molecule has 0 atom stereocenters. The highest BCUT2D eigenvalue weighted by Gasteiger charge is 2.26. The van der Waals surface area contributed by atoms with Crippen molar-refractivity contribution in [3.63, 3.8) is 0 Å². The molecule has 0 spiro atoms. The van der Waals surface area contributed by atoms with Crippen LogP contribution in [0.5, 0.6) is 0 Å². The molecule has 0 saturated carbocycles. The molecule has 0 aliphatic carbocycles. The molecule has 0 radical (unpaired) electrons. The number of rotatable bonds is 5. The van der Waals surface area contributed by atoms with Crippen LogP contribution >= 0.6 is 0 Å². The number of hydrogen-bond acceptors (Lipinski definition) is 4. The Bertz CT molecular complexity index is 700. The lowest BCUT2D eigenvalue weighted by molar-refractivity contribution is -0.119. The Hall–Kier alpha value is -2.09. The van der Waals surface area contributed by atoms with Crippen LogP contribution < -0.4 is 14.9 Å². The number of nitrogens with one attached hydrogen (secondary N) is 2. The summed E-state index contributed by atoms with van der Waals surface area (Å²) in [7, 11) is -3.27. The maximum absolute atomic E-state index is 11.7. The van der Waals surface area contributed by atoms with Crippen molar-refractivity contribution >= 4 is 33.2 Å². The lowest BCUT2D eigenvalue weighted by atomic mass is 10.1. The molecular weight excluding hydrogens is 306 g/mol. The minimum atomic E-state index is -3.27. The highest BCUT2D eigenvalue weighted by Crippen LogP contribution is 2.32. The van der Waals surface area contributed by atoms with Crippen molar-refractivity contribution in [1.29, 1.82) is 0 Å². The Balaban J connectivity index is 2.01. The zero-order valence-corrected chi connectivity index (χ0v) is 13.4. The summed E-state index contributed by atoms with van der Waals surface area (Å²) in [5.74, 6) is -0.377. The van der Waals surface area contributed by atoms with E-state index in [1.54, 1.807) is 18.2 Å². The summed E-state index contributed by atoms with van der Waals surface area (Å²) in [6, 6.07) is 5.17. The van der Waals surface area contributed by atoms with Crippen LogP contribution in [0.25, 0.3) is 0 Å². The number of fused-ring (bicyclic) bond motifs is 1. The molecule has 0 bridgehead atoms. The van der Waals surface area contributed by atoms with Crippen molar-refractivity contribution in [1.82, 2.24) is 5.32 Å². The van der Waals surface area contributed by atoms with Gasteiger partial charge in [0.05, 0.1) is 11.9 Å². The minimum Gasteiger partial charge on any atom is -0.356 e. The van der Waals surface area contributed by atoms with Crippen molar-refractivity contribution in [2.45, 2.75) is 19.8 Å². The summed E-state index contributed by atoms with van der Waals surface area (Å²) in [6.45, 7) is 2.11. The normalized spacial score (nSPS) is 13.6. The lowest BCUT2D eigenvalue weighted by Crippen LogP contribution is -2.27.